The first-order chi connectivity index (χ1) is 6.86. The van der Waals surface area contributed by atoms with Crippen LogP contribution in [0.5, 0.6) is 0 Å². The number of hydrogen-bond donors (Lipinski definition) is 1. The fraction of sp³-hybridized carbons (Fsp3) is 0.364. The number of rotatable bonds is 2. The zero-order valence-corrected chi connectivity index (χ0v) is 9.50. The third-order valence-electron chi connectivity index (χ3n) is 2.40. The lowest BCUT2D eigenvalue weighted by Gasteiger charge is -2.21. The van der Waals surface area contributed by atoms with Crippen LogP contribution in [0.15, 0.2) is 35.1 Å². The lowest BCUT2D eigenvalue weighted by atomic mass is 10.0. The summed E-state index contributed by atoms with van der Waals surface area (Å²) in [6, 6.07) is 2.57. The second-order valence-electron chi connectivity index (χ2n) is 3.48. The quantitative estimate of drug-likeness (QED) is 0.817. The van der Waals surface area contributed by atoms with Gasteiger partial charge in [-0.05, 0) is 41.3 Å². The minimum Gasteiger partial charge on any atom is -0.381 e. The number of anilines is 1. The maximum Gasteiger partial charge on any atom is 0.0590 e. The second kappa shape index (κ2) is 4.60. The molecule has 1 aromatic rings. The summed E-state index contributed by atoms with van der Waals surface area (Å²) in [7, 11) is 0. The number of halogens is 1. The van der Waals surface area contributed by atoms with Crippen LogP contribution < -0.4 is 5.32 Å². The molecule has 1 unspecified atom stereocenters. The SMILES string of the molecule is Brc1cnccc1NC1CC=CCC1. The van der Waals surface area contributed by atoms with Crippen molar-refractivity contribution in [3.05, 3.63) is 35.1 Å². The lowest BCUT2D eigenvalue weighted by molar-refractivity contribution is 0.644. The number of nitrogens with one attached hydrogen (secondary N) is 1. The summed E-state index contributed by atoms with van der Waals surface area (Å²) in [6.07, 6.45) is 11.6. The van der Waals surface area contributed by atoms with Crippen molar-refractivity contribution in [2.45, 2.75) is 25.3 Å². The number of nitrogens with zero attached hydrogens (tertiary/aromatic N) is 1. The molecule has 0 spiro atoms. The van der Waals surface area contributed by atoms with Gasteiger partial charge < -0.3 is 5.32 Å². The van der Waals surface area contributed by atoms with Crippen molar-refractivity contribution in [3.8, 4) is 0 Å². The van der Waals surface area contributed by atoms with E-state index in [0.717, 1.165) is 16.6 Å². The van der Waals surface area contributed by atoms with E-state index in [4.69, 9.17) is 0 Å². The van der Waals surface area contributed by atoms with Crippen molar-refractivity contribution in [3.63, 3.8) is 0 Å². The molecule has 1 atom stereocenters. The van der Waals surface area contributed by atoms with E-state index in [-0.39, 0.29) is 0 Å². The zero-order valence-electron chi connectivity index (χ0n) is 7.91. The minimum absolute atomic E-state index is 0.568. The molecule has 0 aliphatic heterocycles. The highest BCUT2D eigenvalue weighted by Gasteiger charge is 2.10. The van der Waals surface area contributed by atoms with Crippen LogP contribution in [0.2, 0.25) is 0 Å². The molecule has 0 saturated carbocycles. The monoisotopic (exact) mass is 252 g/mol. The van der Waals surface area contributed by atoms with Crippen molar-refractivity contribution >= 4 is 21.6 Å². The number of hydrogen-bond acceptors (Lipinski definition) is 2. The first kappa shape index (κ1) is 9.71. The highest BCUT2D eigenvalue weighted by Crippen LogP contribution is 2.23. The molecule has 2 nitrogen and oxygen atoms in total. The van der Waals surface area contributed by atoms with Crippen molar-refractivity contribution in [2.75, 3.05) is 5.32 Å². The van der Waals surface area contributed by atoms with Gasteiger partial charge in [-0.25, -0.2) is 0 Å². The van der Waals surface area contributed by atoms with Crippen molar-refractivity contribution < 1.29 is 0 Å². The van der Waals surface area contributed by atoms with Gasteiger partial charge in [0.15, 0.2) is 0 Å². The summed E-state index contributed by atoms with van der Waals surface area (Å²) in [6.45, 7) is 0. The number of aromatic nitrogens is 1. The van der Waals surface area contributed by atoms with E-state index in [9.17, 15) is 0 Å². The Hall–Kier alpha value is -0.830. The smallest absolute Gasteiger partial charge is 0.0590 e. The first-order valence-corrected chi connectivity index (χ1v) is 5.66. The van der Waals surface area contributed by atoms with E-state index in [2.05, 4.69) is 38.4 Å². The van der Waals surface area contributed by atoms with Crippen LogP contribution in [0.4, 0.5) is 5.69 Å². The number of pyridine rings is 1. The predicted molar refractivity (Wildman–Crippen MR) is 62.3 cm³/mol. The molecule has 0 bridgehead atoms. The molecule has 1 heterocycles. The molecular formula is C11H13BrN2. The molecule has 74 valence electrons. The Labute approximate surface area is 92.6 Å². The van der Waals surface area contributed by atoms with Gasteiger partial charge in [0.1, 0.15) is 0 Å². The Balaban J connectivity index is 2.03. The van der Waals surface area contributed by atoms with E-state index in [0.29, 0.717) is 6.04 Å². The molecule has 3 heteroatoms. The van der Waals surface area contributed by atoms with Gasteiger partial charge in [-0.1, -0.05) is 12.2 Å². The third kappa shape index (κ3) is 2.35. The molecule has 14 heavy (non-hydrogen) atoms. The molecule has 1 N–H and O–H groups in total. The molecular weight excluding hydrogens is 240 g/mol. The summed E-state index contributed by atoms with van der Waals surface area (Å²) < 4.78 is 1.04. The largest absolute Gasteiger partial charge is 0.381 e. The van der Waals surface area contributed by atoms with Gasteiger partial charge in [0, 0.05) is 18.4 Å². The van der Waals surface area contributed by atoms with Gasteiger partial charge in [0.2, 0.25) is 0 Å². The fourth-order valence-corrected chi connectivity index (χ4v) is 2.00. The molecule has 0 aromatic carbocycles. The highest BCUT2D eigenvalue weighted by atomic mass is 79.9. The topological polar surface area (TPSA) is 24.9 Å². The van der Waals surface area contributed by atoms with Gasteiger partial charge in [0.25, 0.3) is 0 Å². The summed E-state index contributed by atoms with van der Waals surface area (Å²) in [5, 5.41) is 3.51. The molecule has 2 rings (SSSR count). The standard InChI is InChI=1S/C11H13BrN2/c12-10-8-13-7-6-11(10)14-9-4-2-1-3-5-9/h1-2,6-9H,3-5H2,(H,13,14). The zero-order chi connectivity index (χ0) is 9.80. The van der Waals surface area contributed by atoms with E-state index in [1.165, 1.54) is 12.8 Å². The molecule has 0 radical (unpaired) electrons. The summed E-state index contributed by atoms with van der Waals surface area (Å²) in [4.78, 5) is 4.04. The minimum atomic E-state index is 0.568. The van der Waals surface area contributed by atoms with Crippen LogP contribution in [0, 0.1) is 0 Å². The van der Waals surface area contributed by atoms with Gasteiger partial charge >= 0.3 is 0 Å². The first-order valence-electron chi connectivity index (χ1n) is 4.87. The highest BCUT2D eigenvalue weighted by molar-refractivity contribution is 9.10. The molecule has 1 aromatic heterocycles. The van der Waals surface area contributed by atoms with Crippen molar-refractivity contribution in [1.29, 1.82) is 0 Å². The summed E-state index contributed by atoms with van der Waals surface area (Å²) in [5.74, 6) is 0. The van der Waals surface area contributed by atoms with E-state index in [1.54, 1.807) is 0 Å². The Morgan fingerprint density at radius 2 is 2.36 bits per heavy atom. The Kier molecular flexibility index (Phi) is 3.19. The maximum atomic E-state index is 4.04. The van der Waals surface area contributed by atoms with Crippen LogP contribution in [0.1, 0.15) is 19.3 Å². The van der Waals surface area contributed by atoms with Crippen molar-refractivity contribution in [2.24, 2.45) is 0 Å². The van der Waals surface area contributed by atoms with E-state index < -0.39 is 0 Å². The molecule has 0 amide bonds. The van der Waals surface area contributed by atoms with Crippen molar-refractivity contribution in [1.82, 2.24) is 4.98 Å². The third-order valence-corrected chi connectivity index (χ3v) is 3.03. The molecule has 1 aliphatic carbocycles. The van der Waals surface area contributed by atoms with E-state index >= 15 is 0 Å². The fourth-order valence-electron chi connectivity index (χ4n) is 1.64. The molecule has 1 aliphatic rings. The maximum absolute atomic E-state index is 4.04. The van der Waals surface area contributed by atoms with Gasteiger partial charge in [0.05, 0.1) is 10.2 Å². The van der Waals surface area contributed by atoms with E-state index in [1.807, 2.05) is 18.5 Å². The summed E-state index contributed by atoms with van der Waals surface area (Å²) in [5.41, 5.74) is 1.14. The number of allylic oxidation sites excluding steroid dienone is 1. The average molecular weight is 253 g/mol. The lowest BCUT2D eigenvalue weighted by Crippen LogP contribution is -2.20. The van der Waals surface area contributed by atoms with Crippen LogP contribution in [0.3, 0.4) is 0 Å². The Morgan fingerprint density at radius 3 is 3.07 bits per heavy atom. The second-order valence-corrected chi connectivity index (χ2v) is 4.34. The molecule has 0 saturated heterocycles. The average Bonchev–Trinajstić information content (AvgIpc) is 2.23. The Morgan fingerprint density at radius 1 is 1.43 bits per heavy atom. The van der Waals surface area contributed by atoms with Gasteiger partial charge in [-0.3, -0.25) is 4.98 Å². The normalized spacial score (nSPS) is 20.8. The van der Waals surface area contributed by atoms with Crippen LogP contribution in [-0.4, -0.2) is 11.0 Å². The van der Waals surface area contributed by atoms with Crippen LogP contribution in [-0.2, 0) is 0 Å². The summed E-state index contributed by atoms with van der Waals surface area (Å²) >= 11 is 3.48. The van der Waals surface area contributed by atoms with Crippen LogP contribution in [0.25, 0.3) is 0 Å². The molecule has 0 fully saturated rings. The van der Waals surface area contributed by atoms with Crippen LogP contribution >= 0.6 is 15.9 Å². The van der Waals surface area contributed by atoms with Gasteiger partial charge in [-0.15, -0.1) is 0 Å². The Bertz CT molecular complexity index is 336. The predicted octanol–water partition coefficient (Wildman–Crippen LogP) is 3.36. The van der Waals surface area contributed by atoms with Gasteiger partial charge in [-0.2, -0.15) is 0 Å².